The molecule has 1 heteroatoms. The molecular formula is C9H19N. The van der Waals surface area contributed by atoms with Crippen LogP contribution in [0.4, 0.5) is 0 Å². The van der Waals surface area contributed by atoms with E-state index < -0.39 is 0 Å². The van der Waals surface area contributed by atoms with E-state index in [1.54, 1.807) is 0 Å². The van der Waals surface area contributed by atoms with Crippen molar-refractivity contribution in [2.45, 2.75) is 52.1 Å². The van der Waals surface area contributed by atoms with Gasteiger partial charge in [-0.05, 0) is 47.1 Å². The zero-order valence-corrected chi connectivity index (χ0v) is 7.65. The Morgan fingerprint density at radius 3 is 2.10 bits per heavy atom. The zero-order chi connectivity index (χ0) is 7.78. The predicted molar refractivity (Wildman–Crippen MR) is 45.2 cm³/mol. The van der Waals surface area contributed by atoms with E-state index in [-0.39, 0.29) is 0 Å². The molecule has 0 radical (unpaired) electrons. The summed E-state index contributed by atoms with van der Waals surface area (Å²) in [6, 6.07) is 0.806. The van der Waals surface area contributed by atoms with Crippen LogP contribution in [0.2, 0.25) is 0 Å². The first-order valence-corrected chi connectivity index (χ1v) is 4.28. The zero-order valence-electron chi connectivity index (χ0n) is 7.65. The third kappa shape index (κ3) is 1.51. The summed E-state index contributed by atoms with van der Waals surface area (Å²) >= 11 is 0. The van der Waals surface area contributed by atoms with E-state index in [0.29, 0.717) is 5.54 Å². The van der Waals surface area contributed by atoms with Crippen molar-refractivity contribution in [3.05, 3.63) is 0 Å². The lowest BCUT2D eigenvalue weighted by molar-refractivity contribution is 0.130. The fourth-order valence-electron chi connectivity index (χ4n) is 1.93. The smallest absolute Gasteiger partial charge is 0.0127 e. The van der Waals surface area contributed by atoms with Gasteiger partial charge in [0.2, 0.25) is 0 Å². The van der Waals surface area contributed by atoms with Crippen LogP contribution in [0.3, 0.4) is 0 Å². The van der Waals surface area contributed by atoms with Gasteiger partial charge >= 0.3 is 0 Å². The third-order valence-corrected chi connectivity index (χ3v) is 2.41. The number of hydrogen-bond acceptors (Lipinski definition) is 1. The Hall–Kier alpha value is -0.0400. The van der Waals surface area contributed by atoms with Gasteiger partial charge in [-0.25, -0.2) is 0 Å². The van der Waals surface area contributed by atoms with Crippen LogP contribution in [0.15, 0.2) is 0 Å². The van der Waals surface area contributed by atoms with E-state index in [1.807, 2.05) is 0 Å². The largest absolute Gasteiger partial charge is 0.296 e. The van der Waals surface area contributed by atoms with E-state index in [2.05, 4.69) is 32.6 Å². The molecule has 1 heterocycles. The van der Waals surface area contributed by atoms with Crippen LogP contribution in [0.25, 0.3) is 0 Å². The highest BCUT2D eigenvalue weighted by molar-refractivity contribution is 4.85. The van der Waals surface area contributed by atoms with Crippen molar-refractivity contribution < 1.29 is 0 Å². The van der Waals surface area contributed by atoms with Crippen molar-refractivity contribution >= 4 is 0 Å². The number of hydrogen-bond donors (Lipinski definition) is 0. The molecule has 0 aromatic carbocycles. The summed E-state index contributed by atoms with van der Waals surface area (Å²) in [7, 11) is 0. The van der Waals surface area contributed by atoms with Gasteiger partial charge in [0.05, 0.1) is 0 Å². The fourth-order valence-corrected chi connectivity index (χ4v) is 1.93. The molecule has 60 valence electrons. The maximum Gasteiger partial charge on any atom is 0.0127 e. The van der Waals surface area contributed by atoms with Crippen molar-refractivity contribution in [3.8, 4) is 0 Å². The molecule has 1 rings (SSSR count). The number of rotatable bonds is 0. The van der Waals surface area contributed by atoms with Gasteiger partial charge < -0.3 is 0 Å². The fraction of sp³-hybridized carbons (Fsp3) is 1.00. The highest BCUT2D eigenvalue weighted by Gasteiger charge is 2.29. The van der Waals surface area contributed by atoms with E-state index >= 15 is 0 Å². The average Bonchev–Trinajstić information content (AvgIpc) is 2.11. The van der Waals surface area contributed by atoms with Gasteiger partial charge in [-0.15, -0.1) is 0 Å². The predicted octanol–water partition coefficient (Wildman–Crippen LogP) is 2.27. The van der Waals surface area contributed by atoms with Crippen LogP contribution in [-0.2, 0) is 0 Å². The topological polar surface area (TPSA) is 3.24 Å². The van der Waals surface area contributed by atoms with Gasteiger partial charge in [0.15, 0.2) is 0 Å². The SMILES string of the molecule is C[C@@H]1CCCN1C(C)(C)C. The molecule has 0 aromatic rings. The van der Waals surface area contributed by atoms with Crippen molar-refractivity contribution in [2.24, 2.45) is 0 Å². The van der Waals surface area contributed by atoms with Gasteiger partial charge in [0, 0.05) is 11.6 Å². The van der Waals surface area contributed by atoms with Crippen molar-refractivity contribution in [3.63, 3.8) is 0 Å². The monoisotopic (exact) mass is 141 g/mol. The third-order valence-electron chi connectivity index (χ3n) is 2.41. The van der Waals surface area contributed by atoms with Crippen molar-refractivity contribution in [2.75, 3.05) is 6.54 Å². The second-order valence-corrected chi connectivity index (χ2v) is 4.36. The first-order valence-electron chi connectivity index (χ1n) is 4.28. The normalized spacial score (nSPS) is 29.4. The Morgan fingerprint density at radius 2 is 1.90 bits per heavy atom. The lowest BCUT2D eigenvalue weighted by Gasteiger charge is -2.35. The Bertz CT molecular complexity index is 112. The molecule has 0 unspecified atom stereocenters. The van der Waals surface area contributed by atoms with Crippen LogP contribution in [0.5, 0.6) is 0 Å². The van der Waals surface area contributed by atoms with E-state index in [0.717, 1.165) is 6.04 Å². The maximum atomic E-state index is 2.59. The van der Waals surface area contributed by atoms with Gasteiger partial charge in [0.25, 0.3) is 0 Å². The molecule has 0 N–H and O–H groups in total. The van der Waals surface area contributed by atoms with Crippen LogP contribution in [-0.4, -0.2) is 23.0 Å². The van der Waals surface area contributed by atoms with Crippen LogP contribution in [0, 0.1) is 0 Å². The molecule has 1 fully saturated rings. The minimum Gasteiger partial charge on any atom is -0.296 e. The first-order chi connectivity index (χ1) is 4.52. The highest BCUT2D eigenvalue weighted by atomic mass is 15.2. The molecule has 1 nitrogen and oxygen atoms in total. The molecule has 0 bridgehead atoms. The Morgan fingerprint density at radius 1 is 1.30 bits per heavy atom. The van der Waals surface area contributed by atoms with Crippen LogP contribution >= 0.6 is 0 Å². The molecule has 1 atom stereocenters. The molecule has 0 aromatic heterocycles. The van der Waals surface area contributed by atoms with Gasteiger partial charge in [-0.3, -0.25) is 4.90 Å². The van der Waals surface area contributed by atoms with E-state index in [1.165, 1.54) is 19.4 Å². The Kier molecular flexibility index (Phi) is 2.04. The van der Waals surface area contributed by atoms with Crippen molar-refractivity contribution in [1.82, 2.24) is 4.90 Å². The summed E-state index contributed by atoms with van der Waals surface area (Å²) < 4.78 is 0. The minimum atomic E-state index is 0.385. The molecule has 1 aliphatic rings. The van der Waals surface area contributed by atoms with E-state index in [9.17, 15) is 0 Å². The Balaban J connectivity index is 2.55. The second kappa shape index (κ2) is 2.54. The summed E-state index contributed by atoms with van der Waals surface area (Å²) in [4.78, 5) is 2.59. The molecule has 0 aliphatic carbocycles. The summed E-state index contributed by atoms with van der Waals surface area (Å²) in [5.41, 5.74) is 0.385. The summed E-state index contributed by atoms with van der Waals surface area (Å²) in [5, 5.41) is 0. The molecule has 0 amide bonds. The summed E-state index contributed by atoms with van der Waals surface area (Å²) in [6.07, 6.45) is 2.77. The number of likely N-dealkylation sites (tertiary alicyclic amines) is 1. The highest BCUT2D eigenvalue weighted by Crippen LogP contribution is 2.25. The second-order valence-electron chi connectivity index (χ2n) is 4.36. The molecule has 10 heavy (non-hydrogen) atoms. The van der Waals surface area contributed by atoms with Gasteiger partial charge in [-0.2, -0.15) is 0 Å². The molecule has 0 saturated carbocycles. The lowest BCUT2D eigenvalue weighted by atomic mass is 10.1. The summed E-state index contributed by atoms with van der Waals surface area (Å²) in [5.74, 6) is 0. The van der Waals surface area contributed by atoms with Gasteiger partial charge in [-0.1, -0.05) is 0 Å². The first kappa shape index (κ1) is 8.06. The molecule has 0 spiro atoms. The quantitative estimate of drug-likeness (QED) is 0.500. The Labute approximate surface area is 64.4 Å². The van der Waals surface area contributed by atoms with Crippen molar-refractivity contribution in [1.29, 1.82) is 0 Å². The minimum absolute atomic E-state index is 0.385. The van der Waals surface area contributed by atoms with Gasteiger partial charge in [0.1, 0.15) is 0 Å². The maximum absolute atomic E-state index is 2.59. The standard InChI is InChI=1S/C9H19N/c1-8-6-5-7-10(8)9(2,3)4/h8H,5-7H2,1-4H3/t8-/m1/s1. The van der Waals surface area contributed by atoms with E-state index in [4.69, 9.17) is 0 Å². The molecule has 1 aliphatic heterocycles. The molecule has 1 saturated heterocycles. The lowest BCUT2D eigenvalue weighted by Crippen LogP contribution is -2.43. The molecular weight excluding hydrogens is 122 g/mol. The average molecular weight is 141 g/mol. The summed E-state index contributed by atoms with van der Waals surface area (Å²) in [6.45, 7) is 10.5. The van der Waals surface area contributed by atoms with Crippen LogP contribution < -0.4 is 0 Å². The number of nitrogens with zero attached hydrogens (tertiary/aromatic N) is 1. The van der Waals surface area contributed by atoms with Crippen LogP contribution in [0.1, 0.15) is 40.5 Å².